The van der Waals surface area contributed by atoms with E-state index in [1.807, 2.05) is 60.7 Å². The molecule has 0 unspecified atom stereocenters. The molecule has 4 aromatic rings. The highest BCUT2D eigenvalue weighted by Gasteiger charge is 2.20. The summed E-state index contributed by atoms with van der Waals surface area (Å²) in [5.41, 5.74) is 3.56. The maximum absolute atomic E-state index is 12.4. The van der Waals surface area contributed by atoms with Gasteiger partial charge in [-0.05, 0) is 46.5 Å². The molecule has 0 fully saturated rings. The third-order valence-electron chi connectivity index (χ3n) is 4.91. The average molecular weight is 481 g/mol. The minimum atomic E-state index is -4.20. The summed E-state index contributed by atoms with van der Waals surface area (Å²) in [7, 11) is -8.39. The molecule has 0 aliphatic heterocycles. The zero-order valence-corrected chi connectivity index (χ0v) is 19.0. The molecule has 0 atom stereocenters. The van der Waals surface area contributed by atoms with Crippen LogP contribution in [0.5, 0.6) is 0 Å². The van der Waals surface area contributed by atoms with Crippen LogP contribution in [0.1, 0.15) is 0 Å². The average Bonchev–Trinajstić information content (AvgIpc) is 2.85. The highest BCUT2D eigenvalue weighted by Crippen LogP contribution is 2.24. The summed E-state index contributed by atoms with van der Waals surface area (Å²) in [6.07, 6.45) is 0. The molecule has 0 N–H and O–H groups in total. The monoisotopic (exact) mass is 480 g/mol. The molecule has 6 nitrogen and oxygen atoms in total. The molecule has 0 aromatic heterocycles. The van der Waals surface area contributed by atoms with Crippen molar-refractivity contribution in [3.05, 3.63) is 109 Å². The van der Waals surface area contributed by atoms with E-state index in [1.165, 1.54) is 24.3 Å². The Morgan fingerprint density at radius 2 is 0.727 bits per heavy atom. The van der Waals surface area contributed by atoms with Gasteiger partial charge in [0, 0.05) is 0 Å². The Labute approximate surface area is 193 Å². The van der Waals surface area contributed by atoms with E-state index in [9.17, 15) is 16.8 Å². The highest BCUT2D eigenvalue weighted by molar-refractivity contribution is 7.87. The lowest BCUT2D eigenvalue weighted by Crippen LogP contribution is -2.14. The first kappa shape index (κ1) is 22.9. The van der Waals surface area contributed by atoms with Gasteiger partial charge in [-0.3, -0.25) is 0 Å². The summed E-state index contributed by atoms with van der Waals surface area (Å²) in [4.78, 5) is -0.203. The summed E-state index contributed by atoms with van der Waals surface area (Å²) in [6, 6.07) is 31.1. The zero-order chi connectivity index (χ0) is 23.3. The summed E-state index contributed by atoms with van der Waals surface area (Å²) < 4.78 is 59.2. The molecule has 8 heteroatoms. The van der Waals surface area contributed by atoms with Crippen LogP contribution >= 0.6 is 0 Å². The Morgan fingerprint density at radius 3 is 1.06 bits per heavy atom. The smallest absolute Gasteiger partial charge is 0.236 e. The van der Waals surface area contributed by atoms with Crippen LogP contribution in [-0.2, 0) is 28.6 Å². The van der Waals surface area contributed by atoms with Gasteiger partial charge in [0.25, 0.3) is 20.2 Å². The third kappa shape index (κ3) is 5.55. The van der Waals surface area contributed by atoms with E-state index in [1.54, 1.807) is 24.3 Å². The molecule has 0 aliphatic rings. The Morgan fingerprint density at radius 1 is 0.424 bits per heavy atom. The standard InChI is InChI=1S/C25H20O6S2/c26-32(27,24-15-11-22(12-16-24)20-7-3-1-4-8-20)30-19-31-33(28,29)25-17-13-23(14-18-25)21-9-5-2-6-10-21/h1-18H,19H2. The fraction of sp³-hybridized carbons (Fsp3) is 0.0400. The molecule has 0 spiro atoms. The molecule has 0 amide bonds. The number of rotatable bonds is 8. The second-order valence-electron chi connectivity index (χ2n) is 7.04. The summed E-state index contributed by atoms with van der Waals surface area (Å²) in [5, 5.41) is 0. The van der Waals surface area contributed by atoms with Crippen molar-refractivity contribution in [2.24, 2.45) is 0 Å². The largest absolute Gasteiger partial charge is 0.299 e. The molecule has 0 radical (unpaired) electrons. The van der Waals surface area contributed by atoms with Crippen LogP contribution in [0.25, 0.3) is 22.3 Å². The number of hydrogen-bond acceptors (Lipinski definition) is 6. The van der Waals surface area contributed by atoms with Gasteiger partial charge < -0.3 is 0 Å². The molecule has 33 heavy (non-hydrogen) atoms. The molecule has 4 aromatic carbocycles. The Balaban J connectivity index is 1.39. The van der Waals surface area contributed by atoms with Gasteiger partial charge >= 0.3 is 0 Å². The molecule has 0 saturated heterocycles. The first-order chi connectivity index (χ1) is 15.9. The molecule has 0 saturated carbocycles. The van der Waals surface area contributed by atoms with Crippen molar-refractivity contribution in [1.29, 1.82) is 0 Å². The maximum Gasteiger partial charge on any atom is 0.299 e. The van der Waals surface area contributed by atoms with E-state index in [2.05, 4.69) is 0 Å². The quantitative estimate of drug-likeness (QED) is 0.258. The van der Waals surface area contributed by atoms with Crippen molar-refractivity contribution in [2.75, 3.05) is 6.79 Å². The number of benzene rings is 4. The van der Waals surface area contributed by atoms with E-state index in [4.69, 9.17) is 8.37 Å². The molecule has 168 valence electrons. The Bertz CT molecular complexity index is 1300. The lowest BCUT2D eigenvalue weighted by atomic mass is 10.1. The van der Waals surface area contributed by atoms with Crippen LogP contribution in [0.4, 0.5) is 0 Å². The van der Waals surface area contributed by atoms with E-state index in [0.29, 0.717) is 0 Å². The van der Waals surface area contributed by atoms with Crippen molar-refractivity contribution in [3.8, 4) is 22.3 Å². The van der Waals surface area contributed by atoms with Crippen LogP contribution in [-0.4, -0.2) is 23.6 Å². The summed E-state index contributed by atoms with van der Waals surface area (Å²) >= 11 is 0. The summed E-state index contributed by atoms with van der Waals surface area (Å²) in [5.74, 6) is 0. The molecule has 4 rings (SSSR count). The van der Waals surface area contributed by atoms with Gasteiger partial charge in [-0.1, -0.05) is 84.9 Å². The summed E-state index contributed by atoms with van der Waals surface area (Å²) in [6.45, 7) is -0.967. The fourth-order valence-electron chi connectivity index (χ4n) is 3.17. The molecular formula is C25H20O6S2. The van der Waals surface area contributed by atoms with Crippen molar-refractivity contribution in [1.82, 2.24) is 0 Å². The van der Waals surface area contributed by atoms with Crippen molar-refractivity contribution in [3.63, 3.8) is 0 Å². The second-order valence-corrected chi connectivity index (χ2v) is 10.3. The van der Waals surface area contributed by atoms with Crippen LogP contribution in [0, 0.1) is 0 Å². The van der Waals surface area contributed by atoms with Crippen LogP contribution in [0.15, 0.2) is 119 Å². The van der Waals surface area contributed by atoms with Crippen molar-refractivity contribution in [2.45, 2.75) is 9.79 Å². The van der Waals surface area contributed by atoms with E-state index < -0.39 is 27.0 Å². The molecule has 0 bridgehead atoms. The molecular weight excluding hydrogens is 460 g/mol. The fourth-order valence-corrected chi connectivity index (χ4v) is 4.79. The van der Waals surface area contributed by atoms with Crippen LogP contribution in [0.3, 0.4) is 0 Å². The van der Waals surface area contributed by atoms with E-state index >= 15 is 0 Å². The van der Waals surface area contributed by atoms with E-state index in [-0.39, 0.29) is 9.79 Å². The molecule has 0 heterocycles. The predicted octanol–water partition coefficient (Wildman–Crippen LogP) is 5.09. The predicted molar refractivity (Wildman–Crippen MR) is 125 cm³/mol. The van der Waals surface area contributed by atoms with Crippen LogP contribution in [0.2, 0.25) is 0 Å². The van der Waals surface area contributed by atoms with Gasteiger partial charge in [0.05, 0.1) is 9.79 Å². The van der Waals surface area contributed by atoms with Gasteiger partial charge in [-0.2, -0.15) is 16.8 Å². The van der Waals surface area contributed by atoms with Gasteiger partial charge in [0.2, 0.25) is 0 Å². The zero-order valence-electron chi connectivity index (χ0n) is 17.4. The van der Waals surface area contributed by atoms with Gasteiger partial charge in [-0.15, -0.1) is 0 Å². The van der Waals surface area contributed by atoms with Gasteiger partial charge in [0.15, 0.2) is 6.79 Å². The lowest BCUT2D eigenvalue weighted by Gasteiger charge is -2.09. The lowest BCUT2D eigenvalue weighted by molar-refractivity contribution is 0.132. The minimum absolute atomic E-state index is 0.101. The maximum atomic E-state index is 12.4. The highest BCUT2D eigenvalue weighted by atomic mass is 32.2. The first-order valence-corrected chi connectivity index (χ1v) is 12.8. The first-order valence-electron chi connectivity index (χ1n) is 9.95. The van der Waals surface area contributed by atoms with Gasteiger partial charge in [0.1, 0.15) is 0 Å². The SMILES string of the molecule is O=S(=O)(OCOS(=O)(=O)c1ccc(-c2ccccc2)cc1)c1ccc(-c2ccccc2)cc1. The number of hydrogen-bond donors (Lipinski definition) is 0. The van der Waals surface area contributed by atoms with Crippen molar-refractivity contribution >= 4 is 20.2 Å². The normalized spacial score (nSPS) is 11.9. The third-order valence-corrected chi connectivity index (χ3v) is 7.42. The topological polar surface area (TPSA) is 86.7 Å². The van der Waals surface area contributed by atoms with E-state index in [0.717, 1.165) is 22.3 Å². The second kappa shape index (κ2) is 9.68. The molecule has 0 aliphatic carbocycles. The van der Waals surface area contributed by atoms with Crippen molar-refractivity contribution < 1.29 is 25.2 Å². The Hall–Kier alpha value is -3.30. The minimum Gasteiger partial charge on any atom is -0.236 e. The van der Waals surface area contributed by atoms with Crippen LogP contribution < -0.4 is 0 Å². The Kier molecular flexibility index (Phi) is 6.71. The van der Waals surface area contributed by atoms with Gasteiger partial charge in [-0.25, -0.2) is 8.37 Å².